The van der Waals surface area contributed by atoms with E-state index in [1.165, 1.54) is 16.9 Å². The summed E-state index contributed by atoms with van der Waals surface area (Å²) in [5.41, 5.74) is 1.32. The largest absolute Gasteiger partial charge is 0.484 e. The summed E-state index contributed by atoms with van der Waals surface area (Å²) in [6, 6.07) is 4.77. The number of nitriles is 1. The van der Waals surface area contributed by atoms with Crippen molar-refractivity contribution >= 4 is 11.6 Å². The van der Waals surface area contributed by atoms with Gasteiger partial charge in [0.05, 0.1) is 23.5 Å². The second-order valence-electron chi connectivity index (χ2n) is 11.5. The highest BCUT2D eigenvalue weighted by atomic mass is 19.4. The Kier molecular flexibility index (Phi) is 7.76. The molecule has 0 unspecified atom stereocenters. The van der Waals surface area contributed by atoms with Crippen LogP contribution in [0.25, 0.3) is 16.8 Å². The second kappa shape index (κ2) is 11.2. The predicted octanol–water partition coefficient (Wildman–Crippen LogP) is 5.90. The molecule has 0 bridgehead atoms. The Morgan fingerprint density at radius 1 is 1.14 bits per heavy atom. The molecule has 14 heteroatoms. The average Bonchev–Trinajstić information content (AvgIpc) is 3.55. The molecule has 4 aromatic heterocycles. The Hall–Kier alpha value is -4.67. The fourth-order valence-electron chi connectivity index (χ4n) is 5.05. The zero-order valence-electron chi connectivity index (χ0n) is 24.4. The average molecular weight is 597 g/mol. The Balaban J connectivity index is 1.42. The third kappa shape index (κ3) is 6.25. The molecule has 5 heterocycles. The van der Waals surface area contributed by atoms with Crippen LogP contribution in [0.1, 0.15) is 75.1 Å². The van der Waals surface area contributed by atoms with Crippen LogP contribution in [0.3, 0.4) is 0 Å². The van der Waals surface area contributed by atoms with E-state index in [-0.39, 0.29) is 29.0 Å². The number of halogens is 3. The van der Waals surface area contributed by atoms with Crippen LogP contribution in [0.15, 0.2) is 36.9 Å². The number of piperidine rings is 1. The Morgan fingerprint density at radius 3 is 2.51 bits per heavy atom. The van der Waals surface area contributed by atoms with Crippen LogP contribution < -0.4 is 4.74 Å². The molecular formula is C29H31F3N8O3. The van der Waals surface area contributed by atoms with Gasteiger partial charge in [-0.2, -0.15) is 23.5 Å². The fraction of sp³-hybridized carbons (Fsp3) is 0.448. The Morgan fingerprint density at radius 2 is 1.86 bits per heavy atom. The summed E-state index contributed by atoms with van der Waals surface area (Å²) in [5, 5.41) is 22.8. The molecule has 1 amide bonds. The standard InChI is InChI=1S/C29H31F3N8O3/c1-17-25(36-37-40(17)23-6-8-38(9-7-23)27(41)43-28(3,4)5)20-11-24(26-21(12-33)14-35-39(26)16-20)42-18(2)19-10-22(15-34-13-19)29(30,31)32/h10-11,13-16,18,23H,6-9H2,1-5H3/t18-/m1/s1. The molecule has 0 aliphatic carbocycles. The van der Waals surface area contributed by atoms with Gasteiger partial charge < -0.3 is 14.4 Å². The van der Waals surface area contributed by atoms with Crippen molar-refractivity contribution < 1.29 is 27.4 Å². The molecule has 1 aliphatic heterocycles. The summed E-state index contributed by atoms with van der Waals surface area (Å²) in [5.74, 6) is 0.246. The number of hydrogen-bond acceptors (Lipinski definition) is 8. The normalized spacial score (nSPS) is 15.4. The highest BCUT2D eigenvalue weighted by Gasteiger charge is 2.32. The summed E-state index contributed by atoms with van der Waals surface area (Å²) in [7, 11) is 0. The van der Waals surface area contributed by atoms with Gasteiger partial charge in [0, 0.05) is 42.8 Å². The molecule has 0 radical (unpaired) electrons. The predicted molar refractivity (Wildman–Crippen MR) is 148 cm³/mol. The molecular weight excluding hydrogens is 565 g/mol. The zero-order chi connectivity index (χ0) is 31.1. The van der Waals surface area contributed by atoms with Gasteiger partial charge in [0.2, 0.25) is 0 Å². The maximum Gasteiger partial charge on any atom is 0.417 e. The van der Waals surface area contributed by atoms with Crippen LogP contribution in [-0.4, -0.2) is 59.3 Å². The highest BCUT2D eigenvalue weighted by molar-refractivity contribution is 5.75. The number of pyridine rings is 2. The van der Waals surface area contributed by atoms with E-state index in [9.17, 15) is 23.2 Å². The smallest absolute Gasteiger partial charge is 0.417 e. The van der Waals surface area contributed by atoms with Gasteiger partial charge in [-0.3, -0.25) is 4.98 Å². The number of ether oxygens (including phenoxy) is 2. The Labute approximate surface area is 245 Å². The minimum absolute atomic E-state index is 0.0164. The number of alkyl halides is 3. The van der Waals surface area contributed by atoms with Gasteiger partial charge in [-0.25, -0.2) is 14.0 Å². The minimum Gasteiger partial charge on any atom is -0.484 e. The van der Waals surface area contributed by atoms with Crippen molar-refractivity contribution in [2.24, 2.45) is 0 Å². The molecule has 11 nitrogen and oxygen atoms in total. The monoisotopic (exact) mass is 596 g/mol. The van der Waals surface area contributed by atoms with Crippen LogP contribution in [0, 0.1) is 18.3 Å². The second-order valence-corrected chi connectivity index (χ2v) is 11.5. The van der Waals surface area contributed by atoms with Gasteiger partial charge in [-0.15, -0.1) is 5.10 Å². The van der Waals surface area contributed by atoms with E-state index < -0.39 is 23.4 Å². The lowest BCUT2D eigenvalue weighted by molar-refractivity contribution is -0.137. The number of carbonyl (C=O) groups is 1. The Bertz CT molecular complexity index is 1690. The molecule has 226 valence electrons. The van der Waals surface area contributed by atoms with E-state index >= 15 is 0 Å². The number of hydrogen-bond donors (Lipinski definition) is 0. The summed E-state index contributed by atoms with van der Waals surface area (Å²) in [6.45, 7) is 10.0. The van der Waals surface area contributed by atoms with E-state index in [0.29, 0.717) is 42.7 Å². The molecule has 43 heavy (non-hydrogen) atoms. The first kappa shape index (κ1) is 29.8. The van der Waals surface area contributed by atoms with Gasteiger partial charge >= 0.3 is 12.3 Å². The topological polar surface area (TPSA) is 123 Å². The van der Waals surface area contributed by atoms with Crippen LogP contribution >= 0.6 is 0 Å². The molecule has 4 aromatic rings. The molecule has 5 rings (SSSR count). The fourth-order valence-corrected chi connectivity index (χ4v) is 5.05. The minimum atomic E-state index is -4.55. The number of nitrogens with zero attached hydrogens (tertiary/aromatic N) is 8. The van der Waals surface area contributed by atoms with E-state index in [1.807, 2.05) is 32.4 Å². The highest BCUT2D eigenvalue weighted by Crippen LogP contribution is 2.36. The summed E-state index contributed by atoms with van der Waals surface area (Å²) < 4.78 is 54.8. The van der Waals surface area contributed by atoms with Gasteiger partial charge in [0.15, 0.2) is 0 Å². The van der Waals surface area contributed by atoms with Crippen molar-refractivity contribution in [2.75, 3.05) is 13.1 Å². The van der Waals surface area contributed by atoms with Gasteiger partial charge in [-0.1, -0.05) is 5.21 Å². The third-order valence-electron chi connectivity index (χ3n) is 7.22. The first-order valence-electron chi connectivity index (χ1n) is 13.8. The van der Waals surface area contributed by atoms with Crippen LogP contribution in [0.5, 0.6) is 5.75 Å². The van der Waals surface area contributed by atoms with Gasteiger partial charge in [-0.05, 0) is 59.6 Å². The summed E-state index contributed by atoms with van der Waals surface area (Å²) in [6.07, 6.45) is 0.782. The molecule has 1 saturated heterocycles. The van der Waals surface area contributed by atoms with E-state index in [1.54, 1.807) is 24.1 Å². The number of amides is 1. The van der Waals surface area contributed by atoms with E-state index in [2.05, 4.69) is 26.5 Å². The van der Waals surface area contributed by atoms with Crippen LogP contribution in [0.2, 0.25) is 0 Å². The van der Waals surface area contributed by atoms with Crippen molar-refractivity contribution in [3.63, 3.8) is 0 Å². The molecule has 0 aromatic carbocycles. The molecule has 1 fully saturated rings. The lowest BCUT2D eigenvalue weighted by atomic mass is 10.0. The number of aromatic nitrogens is 6. The number of rotatable bonds is 5. The molecule has 1 aliphatic rings. The maximum atomic E-state index is 13.3. The molecule has 1 atom stereocenters. The van der Waals surface area contributed by atoms with Gasteiger partial charge in [0.1, 0.15) is 40.3 Å². The van der Waals surface area contributed by atoms with Crippen molar-refractivity contribution in [2.45, 2.75) is 71.4 Å². The summed E-state index contributed by atoms with van der Waals surface area (Å²) in [4.78, 5) is 17.9. The van der Waals surface area contributed by atoms with Crippen molar-refractivity contribution in [1.29, 1.82) is 5.26 Å². The lowest BCUT2D eigenvalue weighted by Crippen LogP contribution is -2.42. The quantitative estimate of drug-likeness (QED) is 0.279. The van der Waals surface area contributed by atoms with E-state index in [0.717, 1.165) is 18.0 Å². The number of carbonyl (C=O) groups excluding carboxylic acids is 1. The van der Waals surface area contributed by atoms with Crippen molar-refractivity contribution in [3.8, 4) is 23.1 Å². The first-order valence-corrected chi connectivity index (χ1v) is 13.8. The molecule has 0 N–H and O–H groups in total. The summed E-state index contributed by atoms with van der Waals surface area (Å²) >= 11 is 0. The lowest BCUT2D eigenvalue weighted by Gasteiger charge is -2.33. The van der Waals surface area contributed by atoms with Crippen molar-refractivity contribution in [3.05, 3.63) is 59.3 Å². The first-order chi connectivity index (χ1) is 20.2. The molecule has 0 saturated carbocycles. The van der Waals surface area contributed by atoms with Crippen LogP contribution in [-0.2, 0) is 10.9 Å². The number of fused-ring (bicyclic) bond motifs is 1. The zero-order valence-corrected chi connectivity index (χ0v) is 24.4. The van der Waals surface area contributed by atoms with E-state index in [4.69, 9.17) is 9.47 Å². The molecule has 0 spiro atoms. The number of likely N-dealkylation sites (tertiary alicyclic amines) is 1. The third-order valence-corrected chi connectivity index (χ3v) is 7.22. The SMILES string of the molecule is Cc1c(-c2cc(O[C@H](C)c3cncc(C(F)(F)F)c3)c3c(C#N)cnn3c2)nnn1C1CCN(C(=O)OC(C)(C)C)CC1. The van der Waals surface area contributed by atoms with Crippen LogP contribution in [0.4, 0.5) is 18.0 Å². The maximum absolute atomic E-state index is 13.3. The van der Waals surface area contributed by atoms with Gasteiger partial charge in [0.25, 0.3) is 0 Å². The van der Waals surface area contributed by atoms with Crippen molar-refractivity contribution in [1.82, 2.24) is 34.5 Å².